The van der Waals surface area contributed by atoms with Crippen LogP contribution in [0.5, 0.6) is 0 Å². The first-order chi connectivity index (χ1) is 11.2. The first-order valence-corrected chi connectivity index (χ1v) is 9.35. The highest BCUT2D eigenvalue weighted by molar-refractivity contribution is 5.12. The minimum atomic E-state index is 0.405. The van der Waals surface area contributed by atoms with Gasteiger partial charge in [-0.25, -0.2) is 0 Å². The molecule has 1 spiro atoms. The van der Waals surface area contributed by atoms with Crippen LogP contribution in [-0.2, 0) is 18.3 Å². The molecule has 0 aromatic carbocycles. The molecule has 3 aliphatic rings. The molecule has 1 aromatic rings. The molecule has 0 amide bonds. The van der Waals surface area contributed by atoms with E-state index >= 15 is 0 Å². The second-order valence-electron chi connectivity index (χ2n) is 7.86. The number of hydrogen-bond acceptors (Lipinski definition) is 4. The van der Waals surface area contributed by atoms with E-state index in [0.29, 0.717) is 23.5 Å². The lowest BCUT2D eigenvalue weighted by Crippen LogP contribution is -2.62. The maximum atomic E-state index is 6.05. The van der Waals surface area contributed by atoms with E-state index in [1.54, 1.807) is 0 Å². The summed E-state index contributed by atoms with van der Waals surface area (Å²) in [6, 6.07) is 0.641. The highest BCUT2D eigenvalue weighted by Crippen LogP contribution is 2.56. The van der Waals surface area contributed by atoms with Crippen LogP contribution in [0.4, 0.5) is 0 Å². The van der Waals surface area contributed by atoms with E-state index in [0.717, 1.165) is 19.0 Å². The topological polar surface area (TPSA) is 43.2 Å². The van der Waals surface area contributed by atoms with Crippen molar-refractivity contribution in [3.8, 4) is 0 Å². The molecule has 3 saturated carbocycles. The van der Waals surface area contributed by atoms with Crippen LogP contribution in [-0.4, -0.2) is 45.5 Å². The van der Waals surface area contributed by atoms with E-state index in [9.17, 15) is 0 Å². The third-order valence-electron chi connectivity index (χ3n) is 6.51. The van der Waals surface area contributed by atoms with E-state index in [2.05, 4.69) is 40.7 Å². The fraction of sp³-hybridized carbons (Fsp3) is 0.889. The van der Waals surface area contributed by atoms with Gasteiger partial charge in [0.2, 0.25) is 0 Å². The van der Waals surface area contributed by atoms with Gasteiger partial charge in [-0.2, -0.15) is 0 Å². The Morgan fingerprint density at radius 2 is 2.00 bits per heavy atom. The van der Waals surface area contributed by atoms with Crippen LogP contribution in [0.25, 0.3) is 0 Å². The van der Waals surface area contributed by atoms with Crippen LogP contribution < -0.4 is 0 Å². The number of nitrogens with zero attached hydrogens (tertiary/aromatic N) is 4. The van der Waals surface area contributed by atoms with Crippen LogP contribution in [0.15, 0.2) is 0 Å². The van der Waals surface area contributed by atoms with Crippen molar-refractivity contribution in [2.75, 3.05) is 13.7 Å². The summed E-state index contributed by atoms with van der Waals surface area (Å²) in [6.07, 6.45) is 9.61. The average molecular weight is 318 g/mol. The SMILES string of the molecule is CCO[C@@H]1C[C@H](N(C)Cc2nnc(C3CC3)n2C)C12CCCC2. The second kappa shape index (κ2) is 5.85. The van der Waals surface area contributed by atoms with Gasteiger partial charge in [0.1, 0.15) is 11.6 Å². The Bertz CT molecular complexity index is 559. The third-order valence-corrected chi connectivity index (χ3v) is 6.51. The van der Waals surface area contributed by atoms with Crippen LogP contribution in [0, 0.1) is 5.41 Å². The maximum absolute atomic E-state index is 6.05. The molecule has 1 aromatic heterocycles. The van der Waals surface area contributed by atoms with Gasteiger partial charge >= 0.3 is 0 Å². The molecular weight excluding hydrogens is 288 g/mol. The lowest BCUT2D eigenvalue weighted by atomic mass is 9.60. The Balaban J connectivity index is 1.45. The zero-order valence-corrected chi connectivity index (χ0v) is 14.8. The molecule has 0 saturated heterocycles. The highest BCUT2D eigenvalue weighted by atomic mass is 16.5. The standard InChI is InChI=1S/C18H30N4O/c1-4-23-15-11-14(18(15)9-5-6-10-18)21(2)12-16-19-20-17(22(16)3)13-7-8-13/h13-15H,4-12H2,1-3H3/t14-,15+/m0/s1. The van der Waals surface area contributed by atoms with E-state index in [-0.39, 0.29) is 0 Å². The quantitative estimate of drug-likeness (QED) is 0.809. The van der Waals surface area contributed by atoms with Gasteiger partial charge in [-0.1, -0.05) is 12.8 Å². The summed E-state index contributed by atoms with van der Waals surface area (Å²) in [7, 11) is 4.39. The van der Waals surface area contributed by atoms with Gasteiger partial charge in [0.05, 0.1) is 12.6 Å². The minimum absolute atomic E-state index is 0.405. The molecule has 1 heterocycles. The predicted molar refractivity (Wildman–Crippen MR) is 89.2 cm³/mol. The normalized spacial score (nSPS) is 29.4. The van der Waals surface area contributed by atoms with Crippen molar-refractivity contribution >= 4 is 0 Å². The summed E-state index contributed by atoms with van der Waals surface area (Å²) >= 11 is 0. The number of ether oxygens (including phenoxy) is 1. The van der Waals surface area contributed by atoms with Gasteiger partial charge in [0.25, 0.3) is 0 Å². The van der Waals surface area contributed by atoms with Gasteiger partial charge < -0.3 is 9.30 Å². The summed E-state index contributed by atoms with van der Waals surface area (Å²) in [5.74, 6) is 2.96. The number of hydrogen-bond donors (Lipinski definition) is 0. The minimum Gasteiger partial charge on any atom is -0.378 e. The van der Waals surface area contributed by atoms with Gasteiger partial charge in [-0.05, 0) is 46.1 Å². The first-order valence-electron chi connectivity index (χ1n) is 9.35. The second-order valence-corrected chi connectivity index (χ2v) is 7.86. The molecule has 128 valence electrons. The fourth-order valence-electron chi connectivity index (χ4n) is 5.01. The monoisotopic (exact) mass is 318 g/mol. The molecular formula is C18H30N4O. The molecule has 0 N–H and O–H groups in total. The molecule has 0 bridgehead atoms. The number of rotatable bonds is 6. The zero-order valence-electron chi connectivity index (χ0n) is 14.8. The average Bonchev–Trinajstić information content (AvgIpc) is 3.10. The van der Waals surface area contributed by atoms with Gasteiger partial charge in [0.15, 0.2) is 0 Å². The van der Waals surface area contributed by atoms with E-state index in [1.807, 2.05) is 0 Å². The van der Waals surface area contributed by atoms with Gasteiger partial charge in [0, 0.05) is 31.0 Å². The molecule has 0 radical (unpaired) electrons. The maximum Gasteiger partial charge on any atom is 0.146 e. The first kappa shape index (κ1) is 15.6. The smallest absolute Gasteiger partial charge is 0.146 e. The van der Waals surface area contributed by atoms with Crippen molar-refractivity contribution in [3.05, 3.63) is 11.6 Å². The van der Waals surface area contributed by atoms with Crippen molar-refractivity contribution in [2.24, 2.45) is 12.5 Å². The molecule has 3 fully saturated rings. The molecule has 23 heavy (non-hydrogen) atoms. The fourth-order valence-corrected chi connectivity index (χ4v) is 5.01. The molecule has 5 nitrogen and oxygen atoms in total. The number of aromatic nitrogens is 3. The summed E-state index contributed by atoms with van der Waals surface area (Å²) in [4.78, 5) is 2.52. The van der Waals surface area contributed by atoms with Crippen molar-refractivity contribution in [3.63, 3.8) is 0 Å². The van der Waals surface area contributed by atoms with E-state index in [1.165, 1.54) is 50.8 Å². The highest BCUT2D eigenvalue weighted by Gasteiger charge is 2.57. The Kier molecular flexibility index (Phi) is 3.96. The van der Waals surface area contributed by atoms with Crippen molar-refractivity contribution in [1.82, 2.24) is 19.7 Å². The van der Waals surface area contributed by atoms with Crippen LogP contribution in [0.1, 0.15) is 69.4 Å². The van der Waals surface area contributed by atoms with Crippen molar-refractivity contribution in [1.29, 1.82) is 0 Å². The lowest BCUT2D eigenvalue weighted by molar-refractivity contribution is -0.162. The summed E-state index contributed by atoms with van der Waals surface area (Å²) in [5, 5.41) is 8.90. The van der Waals surface area contributed by atoms with Crippen LogP contribution in [0.2, 0.25) is 0 Å². The third kappa shape index (κ3) is 2.52. The molecule has 2 atom stereocenters. The molecule has 0 aliphatic heterocycles. The molecule has 3 aliphatic carbocycles. The summed E-state index contributed by atoms with van der Waals surface area (Å²) < 4.78 is 8.28. The molecule has 5 heteroatoms. The zero-order chi connectivity index (χ0) is 16.0. The lowest BCUT2D eigenvalue weighted by Gasteiger charge is -2.57. The van der Waals surface area contributed by atoms with E-state index < -0.39 is 0 Å². The Labute approximate surface area is 139 Å². The Morgan fingerprint density at radius 1 is 1.26 bits per heavy atom. The Hall–Kier alpha value is -0.940. The van der Waals surface area contributed by atoms with E-state index in [4.69, 9.17) is 4.74 Å². The summed E-state index contributed by atoms with van der Waals surface area (Å²) in [5.41, 5.74) is 0.405. The van der Waals surface area contributed by atoms with Crippen molar-refractivity contribution < 1.29 is 4.74 Å². The predicted octanol–water partition coefficient (Wildman–Crippen LogP) is 2.86. The summed E-state index contributed by atoms with van der Waals surface area (Å²) in [6.45, 7) is 3.87. The van der Waals surface area contributed by atoms with Crippen LogP contribution in [0.3, 0.4) is 0 Å². The largest absolute Gasteiger partial charge is 0.378 e. The van der Waals surface area contributed by atoms with Gasteiger partial charge in [-0.3, -0.25) is 4.90 Å². The molecule has 4 rings (SSSR count). The van der Waals surface area contributed by atoms with Gasteiger partial charge in [-0.15, -0.1) is 10.2 Å². The Morgan fingerprint density at radius 3 is 2.65 bits per heavy atom. The van der Waals surface area contributed by atoms with Crippen molar-refractivity contribution in [2.45, 2.75) is 76.5 Å². The molecule has 0 unspecified atom stereocenters. The van der Waals surface area contributed by atoms with Crippen LogP contribution >= 0.6 is 0 Å².